The summed E-state index contributed by atoms with van der Waals surface area (Å²) >= 11 is 0. The molecule has 6 heteroatoms. The third kappa shape index (κ3) is 2.60. The van der Waals surface area contributed by atoms with Crippen LogP contribution in [0.2, 0.25) is 0 Å². The number of carbonyl (C=O) groups is 1. The van der Waals surface area contributed by atoms with Crippen molar-refractivity contribution in [1.82, 2.24) is 19.9 Å². The Balaban J connectivity index is 1.48. The van der Waals surface area contributed by atoms with E-state index in [0.29, 0.717) is 13.0 Å². The molecular formula is C18H18N4O2. The SMILES string of the molecule is C[C@@H](NC(=O)[C@@H]1COc2ccccc2C1)c1nnc2ccccn12. The van der Waals surface area contributed by atoms with Crippen LogP contribution in [-0.2, 0) is 11.2 Å². The number of hydrogen-bond donors (Lipinski definition) is 1. The quantitative estimate of drug-likeness (QED) is 0.802. The van der Waals surface area contributed by atoms with Crippen LogP contribution in [0, 0.1) is 5.92 Å². The van der Waals surface area contributed by atoms with Crippen LogP contribution in [0.25, 0.3) is 5.65 Å². The number of amides is 1. The Hall–Kier alpha value is -2.89. The van der Waals surface area contributed by atoms with Gasteiger partial charge in [0.1, 0.15) is 12.4 Å². The highest BCUT2D eigenvalue weighted by atomic mass is 16.5. The topological polar surface area (TPSA) is 68.5 Å². The third-order valence-electron chi connectivity index (χ3n) is 4.34. The van der Waals surface area contributed by atoms with Crippen LogP contribution >= 0.6 is 0 Å². The average molecular weight is 322 g/mol. The predicted octanol–water partition coefficient (Wildman–Crippen LogP) is 2.16. The number of para-hydroxylation sites is 1. The van der Waals surface area contributed by atoms with Gasteiger partial charge in [-0.3, -0.25) is 9.20 Å². The fraction of sp³-hybridized carbons (Fsp3) is 0.278. The minimum absolute atomic E-state index is 0.0234. The van der Waals surface area contributed by atoms with Crippen molar-refractivity contribution >= 4 is 11.6 Å². The van der Waals surface area contributed by atoms with E-state index in [2.05, 4.69) is 15.5 Å². The number of fused-ring (bicyclic) bond motifs is 2. The molecule has 1 aliphatic rings. The molecule has 122 valence electrons. The molecule has 0 aliphatic carbocycles. The summed E-state index contributed by atoms with van der Waals surface area (Å²) in [4.78, 5) is 12.6. The molecular weight excluding hydrogens is 304 g/mol. The number of benzene rings is 1. The van der Waals surface area contributed by atoms with E-state index in [9.17, 15) is 4.79 Å². The smallest absolute Gasteiger partial charge is 0.227 e. The molecule has 2 aromatic heterocycles. The number of pyridine rings is 1. The monoisotopic (exact) mass is 322 g/mol. The zero-order chi connectivity index (χ0) is 16.5. The van der Waals surface area contributed by atoms with Crippen LogP contribution in [0.1, 0.15) is 24.4 Å². The van der Waals surface area contributed by atoms with E-state index in [-0.39, 0.29) is 17.9 Å². The normalized spacial score (nSPS) is 17.8. The summed E-state index contributed by atoms with van der Waals surface area (Å²) in [7, 11) is 0. The van der Waals surface area contributed by atoms with Crippen molar-refractivity contribution in [3.05, 3.63) is 60.0 Å². The van der Waals surface area contributed by atoms with Crippen molar-refractivity contribution in [1.29, 1.82) is 0 Å². The van der Waals surface area contributed by atoms with Crippen LogP contribution < -0.4 is 10.1 Å². The molecule has 24 heavy (non-hydrogen) atoms. The van der Waals surface area contributed by atoms with Gasteiger partial charge in [0, 0.05) is 6.20 Å². The molecule has 6 nitrogen and oxygen atoms in total. The van der Waals surface area contributed by atoms with Crippen molar-refractivity contribution < 1.29 is 9.53 Å². The Kier molecular flexibility index (Phi) is 3.65. The van der Waals surface area contributed by atoms with Gasteiger partial charge >= 0.3 is 0 Å². The first-order chi connectivity index (χ1) is 11.7. The van der Waals surface area contributed by atoms with Crippen LogP contribution in [0.5, 0.6) is 5.75 Å². The third-order valence-corrected chi connectivity index (χ3v) is 4.34. The largest absolute Gasteiger partial charge is 0.492 e. The van der Waals surface area contributed by atoms with Gasteiger partial charge in [-0.05, 0) is 37.1 Å². The van der Waals surface area contributed by atoms with E-state index in [0.717, 1.165) is 22.8 Å². The fourth-order valence-electron chi connectivity index (χ4n) is 3.05. The van der Waals surface area contributed by atoms with Gasteiger partial charge in [-0.2, -0.15) is 0 Å². The Bertz CT molecular complexity index is 889. The Morgan fingerprint density at radius 2 is 2.08 bits per heavy atom. The molecule has 0 bridgehead atoms. The molecule has 0 saturated carbocycles. The molecule has 0 fully saturated rings. The van der Waals surface area contributed by atoms with Crippen molar-refractivity contribution in [2.75, 3.05) is 6.61 Å². The molecule has 4 rings (SSSR count). The van der Waals surface area contributed by atoms with Crippen molar-refractivity contribution in [2.45, 2.75) is 19.4 Å². The summed E-state index contributed by atoms with van der Waals surface area (Å²) in [5.74, 6) is 1.38. The van der Waals surface area contributed by atoms with Gasteiger partial charge in [-0.1, -0.05) is 24.3 Å². The number of nitrogens with zero attached hydrogens (tertiary/aromatic N) is 3. The molecule has 0 spiro atoms. The number of carbonyl (C=O) groups excluding carboxylic acids is 1. The summed E-state index contributed by atoms with van der Waals surface area (Å²) in [6.07, 6.45) is 2.59. The second-order valence-corrected chi connectivity index (χ2v) is 6.04. The van der Waals surface area contributed by atoms with Crippen LogP contribution in [-0.4, -0.2) is 27.1 Å². The zero-order valence-electron chi connectivity index (χ0n) is 13.3. The molecule has 3 aromatic rings. The molecule has 3 heterocycles. The first-order valence-electron chi connectivity index (χ1n) is 8.03. The van der Waals surface area contributed by atoms with Gasteiger partial charge in [-0.15, -0.1) is 10.2 Å². The number of hydrogen-bond acceptors (Lipinski definition) is 4. The van der Waals surface area contributed by atoms with Crippen LogP contribution in [0.4, 0.5) is 0 Å². The number of nitrogens with one attached hydrogen (secondary N) is 1. The number of aromatic nitrogens is 3. The molecule has 0 unspecified atom stereocenters. The second-order valence-electron chi connectivity index (χ2n) is 6.04. The number of rotatable bonds is 3. The van der Waals surface area contributed by atoms with E-state index < -0.39 is 0 Å². The lowest BCUT2D eigenvalue weighted by Crippen LogP contribution is -2.39. The average Bonchev–Trinajstić information content (AvgIpc) is 3.05. The minimum atomic E-state index is -0.230. The van der Waals surface area contributed by atoms with E-state index in [1.54, 1.807) is 0 Å². The standard InChI is InChI=1S/C18H18N4O2/c1-12(17-21-20-16-8-4-5-9-22(16)17)19-18(23)14-10-13-6-2-3-7-15(13)24-11-14/h2-9,12,14H,10-11H2,1H3,(H,19,23)/t12-,14+/m1/s1. The lowest BCUT2D eigenvalue weighted by Gasteiger charge is -2.25. The Labute approximate surface area is 139 Å². The lowest BCUT2D eigenvalue weighted by molar-refractivity contribution is -0.127. The van der Waals surface area contributed by atoms with Crippen molar-refractivity contribution in [3.63, 3.8) is 0 Å². The summed E-state index contributed by atoms with van der Waals surface area (Å²) in [5, 5.41) is 11.4. The molecule has 1 aromatic carbocycles. The summed E-state index contributed by atoms with van der Waals surface area (Å²) < 4.78 is 7.59. The zero-order valence-corrected chi connectivity index (χ0v) is 13.3. The molecule has 0 saturated heterocycles. The van der Waals surface area contributed by atoms with Crippen molar-refractivity contribution in [3.8, 4) is 5.75 Å². The fourth-order valence-corrected chi connectivity index (χ4v) is 3.05. The van der Waals surface area contributed by atoms with Crippen LogP contribution in [0.15, 0.2) is 48.7 Å². The van der Waals surface area contributed by atoms with E-state index in [1.807, 2.05) is 60.0 Å². The maximum absolute atomic E-state index is 12.6. The van der Waals surface area contributed by atoms with Crippen molar-refractivity contribution in [2.24, 2.45) is 5.92 Å². The summed E-state index contributed by atoms with van der Waals surface area (Å²) in [5.41, 5.74) is 1.84. The first kappa shape index (κ1) is 14.7. The van der Waals surface area contributed by atoms with Gasteiger partial charge in [0.15, 0.2) is 11.5 Å². The molecule has 2 atom stereocenters. The van der Waals surface area contributed by atoms with Crippen LogP contribution in [0.3, 0.4) is 0 Å². The van der Waals surface area contributed by atoms with E-state index >= 15 is 0 Å². The van der Waals surface area contributed by atoms with E-state index in [1.165, 1.54) is 0 Å². The predicted molar refractivity (Wildman–Crippen MR) is 88.7 cm³/mol. The molecule has 1 N–H and O–H groups in total. The Morgan fingerprint density at radius 3 is 3.00 bits per heavy atom. The number of ether oxygens (including phenoxy) is 1. The summed E-state index contributed by atoms with van der Waals surface area (Å²) in [6.45, 7) is 2.31. The molecule has 1 aliphatic heterocycles. The van der Waals surface area contributed by atoms with Gasteiger partial charge in [0.25, 0.3) is 0 Å². The van der Waals surface area contributed by atoms with Gasteiger partial charge in [0.05, 0.1) is 12.0 Å². The maximum Gasteiger partial charge on any atom is 0.227 e. The highest BCUT2D eigenvalue weighted by molar-refractivity contribution is 5.80. The maximum atomic E-state index is 12.6. The highest BCUT2D eigenvalue weighted by Gasteiger charge is 2.27. The lowest BCUT2D eigenvalue weighted by atomic mass is 9.96. The summed E-state index contributed by atoms with van der Waals surface area (Å²) in [6, 6.07) is 13.3. The van der Waals surface area contributed by atoms with Gasteiger partial charge in [-0.25, -0.2) is 0 Å². The molecule has 1 amide bonds. The highest BCUT2D eigenvalue weighted by Crippen LogP contribution is 2.27. The van der Waals surface area contributed by atoms with Gasteiger partial charge < -0.3 is 10.1 Å². The van der Waals surface area contributed by atoms with E-state index in [4.69, 9.17) is 4.74 Å². The first-order valence-corrected chi connectivity index (χ1v) is 8.03. The second kappa shape index (κ2) is 5.96. The Morgan fingerprint density at radius 1 is 1.25 bits per heavy atom. The molecule has 0 radical (unpaired) electrons. The minimum Gasteiger partial charge on any atom is -0.492 e. The van der Waals surface area contributed by atoms with Gasteiger partial charge in [0.2, 0.25) is 5.91 Å².